The number of aromatic nitrogens is 3. The minimum absolute atomic E-state index is 0.0333. The van der Waals surface area contributed by atoms with Gasteiger partial charge in [0.15, 0.2) is 0 Å². The van der Waals surface area contributed by atoms with Gasteiger partial charge < -0.3 is 14.6 Å². The predicted octanol–water partition coefficient (Wildman–Crippen LogP) is 2.40. The lowest BCUT2D eigenvalue weighted by molar-refractivity contribution is -0.192. The Balaban J connectivity index is 0.000000339. The second kappa shape index (κ2) is 9.75. The van der Waals surface area contributed by atoms with E-state index in [9.17, 15) is 13.2 Å². The summed E-state index contributed by atoms with van der Waals surface area (Å²) in [5.41, 5.74) is 2.20. The van der Waals surface area contributed by atoms with Crippen molar-refractivity contribution in [3.8, 4) is 0 Å². The van der Waals surface area contributed by atoms with E-state index in [1.54, 1.807) is 6.20 Å². The second-order valence-corrected chi connectivity index (χ2v) is 7.74. The van der Waals surface area contributed by atoms with Gasteiger partial charge in [-0.25, -0.2) is 4.79 Å². The smallest absolute Gasteiger partial charge is 0.475 e. The third-order valence-corrected chi connectivity index (χ3v) is 5.18. The molecular formula is C20H25F3N4O4. The summed E-state index contributed by atoms with van der Waals surface area (Å²) in [5, 5.41) is 11.6. The molecule has 0 amide bonds. The lowest BCUT2D eigenvalue weighted by atomic mass is 9.98. The third-order valence-electron chi connectivity index (χ3n) is 5.18. The van der Waals surface area contributed by atoms with Crippen molar-refractivity contribution < 1.29 is 32.5 Å². The summed E-state index contributed by atoms with van der Waals surface area (Å²) in [6.45, 7) is 4.22. The van der Waals surface area contributed by atoms with Crippen molar-refractivity contribution in [3.05, 3.63) is 48.0 Å². The van der Waals surface area contributed by atoms with E-state index < -0.39 is 12.1 Å². The highest BCUT2D eigenvalue weighted by Crippen LogP contribution is 2.36. The molecule has 2 fully saturated rings. The van der Waals surface area contributed by atoms with E-state index in [1.165, 1.54) is 0 Å². The minimum atomic E-state index is -5.08. The molecule has 2 aromatic rings. The van der Waals surface area contributed by atoms with E-state index in [0.29, 0.717) is 13.2 Å². The highest BCUT2D eigenvalue weighted by atomic mass is 19.4. The monoisotopic (exact) mass is 442 g/mol. The highest BCUT2D eigenvalue weighted by Gasteiger charge is 2.45. The number of pyridine rings is 1. The zero-order valence-electron chi connectivity index (χ0n) is 17.1. The number of carbonyl (C=O) groups is 1. The third kappa shape index (κ3) is 6.74. The molecule has 2 atom stereocenters. The predicted molar refractivity (Wildman–Crippen MR) is 103 cm³/mol. The van der Waals surface area contributed by atoms with Gasteiger partial charge in [-0.1, -0.05) is 6.07 Å². The fourth-order valence-electron chi connectivity index (χ4n) is 3.73. The average Bonchev–Trinajstić information content (AvgIpc) is 3.42. The number of hydrogen-bond acceptors (Lipinski definition) is 6. The molecular weight excluding hydrogens is 417 g/mol. The molecule has 0 aromatic carbocycles. The number of halogens is 3. The van der Waals surface area contributed by atoms with Crippen LogP contribution < -0.4 is 0 Å². The van der Waals surface area contributed by atoms with Crippen molar-refractivity contribution in [1.82, 2.24) is 19.7 Å². The lowest BCUT2D eigenvalue weighted by Crippen LogP contribution is -2.33. The molecule has 2 aliphatic rings. The molecule has 0 bridgehead atoms. The molecule has 2 saturated heterocycles. The van der Waals surface area contributed by atoms with Crippen LogP contribution >= 0.6 is 0 Å². The summed E-state index contributed by atoms with van der Waals surface area (Å²) in [4.78, 5) is 15.5. The van der Waals surface area contributed by atoms with Gasteiger partial charge in [-0.05, 0) is 24.1 Å². The Bertz CT molecular complexity index is 862. The first kappa shape index (κ1) is 23.2. The Labute approximate surface area is 177 Å². The zero-order chi connectivity index (χ0) is 22.5. The molecule has 4 heterocycles. The van der Waals surface area contributed by atoms with E-state index in [0.717, 1.165) is 43.7 Å². The summed E-state index contributed by atoms with van der Waals surface area (Å²) in [7, 11) is 1.96. The first-order valence-corrected chi connectivity index (χ1v) is 9.81. The molecule has 8 nitrogen and oxygen atoms in total. The maximum Gasteiger partial charge on any atom is 0.490 e. The van der Waals surface area contributed by atoms with Crippen molar-refractivity contribution in [2.24, 2.45) is 7.05 Å². The Kier molecular flexibility index (Phi) is 7.29. The lowest BCUT2D eigenvalue weighted by Gasteiger charge is -2.23. The van der Waals surface area contributed by atoms with Gasteiger partial charge >= 0.3 is 12.1 Å². The number of carboxylic acids is 1. The Hall–Kier alpha value is -2.50. The van der Waals surface area contributed by atoms with Crippen LogP contribution in [0.2, 0.25) is 0 Å². The Morgan fingerprint density at radius 3 is 2.81 bits per heavy atom. The SMILES string of the molecule is Cn1ccc(CN2CCC3(CC(OCc4cccnc4)CO3)C2)n1.O=C(O)C(F)(F)F. The van der Waals surface area contributed by atoms with E-state index in [4.69, 9.17) is 19.4 Å². The van der Waals surface area contributed by atoms with Crippen LogP contribution in [0.25, 0.3) is 0 Å². The maximum absolute atomic E-state index is 10.6. The van der Waals surface area contributed by atoms with Gasteiger partial charge in [0, 0.05) is 51.7 Å². The fourth-order valence-corrected chi connectivity index (χ4v) is 3.73. The van der Waals surface area contributed by atoms with Crippen LogP contribution in [0.1, 0.15) is 24.1 Å². The molecule has 170 valence electrons. The van der Waals surface area contributed by atoms with Crippen LogP contribution in [0.3, 0.4) is 0 Å². The first-order valence-electron chi connectivity index (χ1n) is 9.81. The van der Waals surface area contributed by atoms with E-state index >= 15 is 0 Å². The van der Waals surface area contributed by atoms with Gasteiger partial charge in [0.1, 0.15) is 0 Å². The number of likely N-dealkylation sites (tertiary alicyclic amines) is 1. The quantitative estimate of drug-likeness (QED) is 0.761. The first-order chi connectivity index (χ1) is 14.7. The molecule has 0 aliphatic carbocycles. The van der Waals surface area contributed by atoms with Crippen LogP contribution in [0.4, 0.5) is 13.2 Å². The number of nitrogens with zero attached hydrogens (tertiary/aromatic N) is 4. The van der Waals surface area contributed by atoms with Crippen LogP contribution in [0.5, 0.6) is 0 Å². The van der Waals surface area contributed by atoms with E-state index in [2.05, 4.69) is 21.0 Å². The molecule has 2 aromatic heterocycles. The number of aryl methyl sites for hydroxylation is 1. The average molecular weight is 442 g/mol. The topological polar surface area (TPSA) is 89.7 Å². The molecule has 2 unspecified atom stereocenters. The number of carboxylic acid groups (broad SMARTS) is 1. The van der Waals surface area contributed by atoms with Gasteiger partial charge in [-0.2, -0.15) is 18.3 Å². The van der Waals surface area contributed by atoms with Gasteiger partial charge in [0.05, 0.1) is 30.6 Å². The summed E-state index contributed by atoms with van der Waals surface area (Å²) >= 11 is 0. The molecule has 11 heteroatoms. The summed E-state index contributed by atoms with van der Waals surface area (Å²) in [6.07, 6.45) is 2.79. The summed E-state index contributed by atoms with van der Waals surface area (Å²) in [5.74, 6) is -2.76. The fraction of sp³-hybridized carbons (Fsp3) is 0.550. The summed E-state index contributed by atoms with van der Waals surface area (Å²) in [6, 6.07) is 6.07. The Morgan fingerprint density at radius 1 is 1.42 bits per heavy atom. The van der Waals surface area contributed by atoms with Crippen molar-refractivity contribution in [2.75, 3.05) is 19.7 Å². The van der Waals surface area contributed by atoms with Crippen LogP contribution in [-0.2, 0) is 34.5 Å². The highest BCUT2D eigenvalue weighted by molar-refractivity contribution is 5.73. The van der Waals surface area contributed by atoms with Crippen molar-refractivity contribution >= 4 is 5.97 Å². The molecule has 1 spiro atoms. The van der Waals surface area contributed by atoms with E-state index in [-0.39, 0.29) is 11.7 Å². The van der Waals surface area contributed by atoms with Gasteiger partial charge in [-0.15, -0.1) is 0 Å². The molecule has 4 rings (SSSR count). The second-order valence-electron chi connectivity index (χ2n) is 7.74. The number of alkyl halides is 3. The number of rotatable bonds is 5. The number of ether oxygens (including phenoxy) is 2. The van der Waals surface area contributed by atoms with Crippen molar-refractivity contribution in [2.45, 2.75) is 43.9 Å². The Morgan fingerprint density at radius 2 is 2.19 bits per heavy atom. The number of aliphatic carboxylic acids is 1. The van der Waals surface area contributed by atoms with E-state index in [1.807, 2.05) is 36.3 Å². The molecule has 31 heavy (non-hydrogen) atoms. The van der Waals surface area contributed by atoms with Crippen molar-refractivity contribution in [1.29, 1.82) is 0 Å². The van der Waals surface area contributed by atoms with Crippen LogP contribution in [0, 0.1) is 0 Å². The molecule has 2 aliphatic heterocycles. The largest absolute Gasteiger partial charge is 0.490 e. The van der Waals surface area contributed by atoms with Gasteiger partial charge in [0.25, 0.3) is 0 Å². The van der Waals surface area contributed by atoms with Gasteiger partial charge in [-0.3, -0.25) is 14.6 Å². The molecule has 0 saturated carbocycles. The zero-order valence-corrected chi connectivity index (χ0v) is 17.1. The standard InChI is InChI=1S/C18H24N4O2.C2HF3O2/c1-21-7-4-16(20-21)11-22-8-5-18(14-22)9-17(13-24-18)23-12-15-3-2-6-19-10-15;3-2(4,5)1(6)7/h2-4,6-7,10,17H,5,8-9,11-14H2,1H3;(H,6,7). The number of hydrogen-bond donors (Lipinski definition) is 1. The molecule has 1 N–H and O–H groups in total. The van der Waals surface area contributed by atoms with Crippen molar-refractivity contribution in [3.63, 3.8) is 0 Å². The molecule has 0 radical (unpaired) electrons. The van der Waals surface area contributed by atoms with Crippen LogP contribution in [0.15, 0.2) is 36.8 Å². The van der Waals surface area contributed by atoms with Crippen LogP contribution in [-0.4, -0.2) is 68.3 Å². The summed E-state index contributed by atoms with van der Waals surface area (Å²) < 4.78 is 45.8. The maximum atomic E-state index is 10.6. The minimum Gasteiger partial charge on any atom is -0.475 e. The normalized spacial score (nSPS) is 23.7. The van der Waals surface area contributed by atoms with Gasteiger partial charge in [0.2, 0.25) is 0 Å².